The van der Waals surface area contributed by atoms with E-state index in [1.165, 1.54) is 29.7 Å². The zero-order valence-electron chi connectivity index (χ0n) is 16.7. The Morgan fingerprint density at radius 1 is 1.18 bits per heavy atom. The van der Waals surface area contributed by atoms with E-state index in [0.29, 0.717) is 5.92 Å². The topological polar surface area (TPSA) is 50.8 Å². The molecule has 1 aromatic heterocycles. The summed E-state index contributed by atoms with van der Waals surface area (Å²) in [5.74, 6) is 0.893. The summed E-state index contributed by atoms with van der Waals surface area (Å²) in [5, 5.41) is 3.44. The number of rotatable bonds is 5. The van der Waals surface area contributed by atoms with Crippen molar-refractivity contribution >= 4 is 17.2 Å². The van der Waals surface area contributed by atoms with Gasteiger partial charge in [0, 0.05) is 31.0 Å². The van der Waals surface area contributed by atoms with Crippen LogP contribution < -0.4 is 5.32 Å². The summed E-state index contributed by atoms with van der Waals surface area (Å²) in [6.07, 6.45) is 9.22. The van der Waals surface area contributed by atoms with Gasteiger partial charge in [0.1, 0.15) is 0 Å². The lowest BCUT2D eigenvalue weighted by atomic mass is 9.83. The zero-order valence-corrected chi connectivity index (χ0v) is 17.5. The molecule has 5 nitrogen and oxygen atoms in total. The van der Waals surface area contributed by atoms with Crippen molar-refractivity contribution in [2.24, 2.45) is 5.92 Å². The first-order valence-electron chi connectivity index (χ1n) is 11.1. The van der Waals surface area contributed by atoms with E-state index in [1.807, 2.05) is 0 Å². The van der Waals surface area contributed by atoms with Crippen molar-refractivity contribution < 1.29 is 14.3 Å². The maximum Gasteiger partial charge on any atom is 0.264 e. The molecule has 4 aliphatic rings. The molecule has 1 atom stereocenters. The first kappa shape index (κ1) is 19.0. The maximum atomic E-state index is 13.5. The van der Waals surface area contributed by atoms with Crippen LogP contribution in [-0.2, 0) is 21.5 Å². The van der Waals surface area contributed by atoms with E-state index in [-0.39, 0.29) is 17.6 Å². The van der Waals surface area contributed by atoms with Gasteiger partial charge in [-0.25, -0.2) is 0 Å². The molecule has 0 aromatic carbocycles. The first-order valence-corrected chi connectivity index (χ1v) is 11.9. The van der Waals surface area contributed by atoms with E-state index < -0.39 is 0 Å². The van der Waals surface area contributed by atoms with Crippen LogP contribution in [0.4, 0.5) is 0 Å². The molecule has 2 saturated heterocycles. The third kappa shape index (κ3) is 3.64. The number of nitrogens with one attached hydrogen (secondary N) is 1. The summed E-state index contributed by atoms with van der Waals surface area (Å²) in [6.45, 7) is 5.26. The standard InChI is InChI=1S/C22H32N2O3S/c25-21(24(14-16-3-1-4-16)15-17-5-2-11-26-17)20-13-18-19(28-20)6-12-27-22(18)7-9-23-10-8-22/h13,16-17,23H,1-12,14-15H2. The predicted octanol–water partition coefficient (Wildman–Crippen LogP) is 3.32. The van der Waals surface area contributed by atoms with Crippen molar-refractivity contribution in [3.8, 4) is 0 Å². The molecule has 4 heterocycles. The van der Waals surface area contributed by atoms with Gasteiger partial charge in [0.25, 0.3) is 5.91 Å². The summed E-state index contributed by atoms with van der Waals surface area (Å²) in [6, 6.07) is 2.18. The SMILES string of the molecule is O=C(c1cc2c(s1)CCOC21CCNCC1)N(CC1CCC1)CC1CCCO1. The molecular formula is C22H32N2O3S. The summed E-state index contributed by atoms with van der Waals surface area (Å²) in [4.78, 5) is 17.9. The monoisotopic (exact) mass is 404 g/mol. The van der Waals surface area contributed by atoms with Gasteiger partial charge in [-0.3, -0.25) is 4.79 Å². The van der Waals surface area contributed by atoms with Crippen LogP contribution >= 0.6 is 11.3 Å². The molecule has 154 valence electrons. The smallest absolute Gasteiger partial charge is 0.264 e. The summed E-state index contributed by atoms with van der Waals surface area (Å²) < 4.78 is 12.2. The first-order chi connectivity index (χ1) is 13.7. The second kappa shape index (κ2) is 8.05. The van der Waals surface area contributed by atoms with Crippen LogP contribution in [0.1, 0.15) is 65.1 Å². The molecule has 1 amide bonds. The molecular weight excluding hydrogens is 372 g/mol. The van der Waals surface area contributed by atoms with Gasteiger partial charge in [0.05, 0.1) is 23.2 Å². The number of nitrogens with zero attached hydrogens (tertiary/aromatic N) is 1. The van der Waals surface area contributed by atoms with Gasteiger partial charge < -0.3 is 19.7 Å². The molecule has 1 N–H and O–H groups in total. The molecule has 5 rings (SSSR count). The van der Waals surface area contributed by atoms with E-state index in [0.717, 1.165) is 76.4 Å². The molecule has 3 aliphatic heterocycles. The van der Waals surface area contributed by atoms with Crippen molar-refractivity contribution in [3.05, 3.63) is 21.4 Å². The fourth-order valence-electron chi connectivity index (χ4n) is 5.18. The highest BCUT2D eigenvalue weighted by atomic mass is 32.1. The van der Waals surface area contributed by atoms with Crippen LogP contribution in [0, 0.1) is 5.92 Å². The molecule has 1 saturated carbocycles. The molecule has 0 bridgehead atoms. The van der Waals surface area contributed by atoms with E-state index in [1.54, 1.807) is 11.3 Å². The minimum atomic E-state index is -0.165. The fraction of sp³-hybridized carbons (Fsp3) is 0.773. The number of ether oxygens (including phenoxy) is 2. The van der Waals surface area contributed by atoms with Crippen LogP contribution in [0.25, 0.3) is 0 Å². The van der Waals surface area contributed by atoms with Crippen LogP contribution in [0.15, 0.2) is 6.07 Å². The Morgan fingerprint density at radius 2 is 2.04 bits per heavy atom. The quantitative estimate of drug-likeness (QED) is 0.818. The van der Waals surface area contributed by atoms with Crippen molar-refractivity contribution in [3.63, 3.8) is 0 Å². The summed E-state index contributed by atoms with van der Waals surface area (Å²) >= 11 is 1.72. The Balaban J connectivity index is 1.38. The number of hydrogen-bond donors (Lipinski definition) is 1. The minimum Gasteiger partial charge on any atom is -0.376 e. The van der Waals surface area contributed by atoms with E-state index in [4.69, 9.17) is 9.47 Å². The van der Waals surface area contributed by atoms with E-state index in [2.05, 4.69) is 16.3 Å². The largest absolute Gasteiger partial charge is 0.376 e. The molecule has 6 heteroatoms. The number of thiophene rings is 1. The number of carbonyl (C=O) groups is 1. The second-order valence-corrected chi connectivity index (χ2v) is 10.1. The highest BCUT2D eigenvalue weighted by Gasteiger charge is 2.41. The normalized spacial score (nSPS) is 26.8. The van der Waals surface area contributed by atoms with Gasteiger partial charge in [0.15, 0.2) is 0 Å². The van der Waals surface area contributed by atoms with Gasteiger partial charge in [-0.05, 0) is 69.2 Å². The van der Waals surface area contributed by atoms with Gasteiger partial charge in [-0.2, -0.15) is 0 Å². The molecule has 28 heavy (non-hydrogen) atoms. The third-order valence-corrected chi connectivity index (χ3v) is 8.25. The average molecular weight is 405 g/mol. The van der Waals surface area contributed by atoms with E-state index in [9.17, 15) is 4.79 Å². The van der Waals surface area contributed by atoms with Gasteiger partial charge in [-0.1, -0.05) is 6.42 Å². The van der Waals surface area contributed by atoms with Crippen LogP contribution in [-0.4, -0.2) is 56.3 Å². The number of hydrogen-bond acceptors (Lipinski definition) is 5. The van der Waals surface area contributed by atoms with Gasteiger partial charge in [-0.15, -0.1) is 11.3 Å². The number of fused-ring (bicyclic) bond motifs is 2. The maximum absolute atomic E-state index is 13.5. The van der Waals surface area contributed by atoms with Crippen LogP contribution in [0.2, 0.25) is 0 Å². The Hall–Kier alpha value is -0.950. The molecule has 1 unspecified atom stereocenters. The Bertz CT molecular complexity index is 703. The molecule has 0 radical (unpaired) electrons. The minimum absolute atomic E-state index is 0.165. The lowest BCUT2D eigenvalue weighted by Gasteiger charge is -2.40. The van der Waals surface area contributed by atoms with Crippen molar-refractivity contribution in [2.45, 2.75) is 63.1 Å². The summed E-state index contributed by atoms with van der Waals surface area (Å²) in [5.41, 5.74) is 1.13. The molecule has 3 fully saturated rings. The van der Waals surface area contributed by atoms with Crippen LogP contribution in [0.3, 0.4) is 0 Å². The van der Waals surface area contributed by atoms with Gasteiger partial charge >= 0.3 is 0 Å². The van der Waals surface area contributed by atoms with Gasteiger partial charge in [0.2, 0.25) is 0 Å². The number of carbonyl (C=O) groups excluding carboxylic acids is 1. The van der Waals surface area contributed by atoms with Crippen molar-refractivity contribution in [2.75, 3.05) is 39.4 Å². The highest BCUT2D eigenvalue weighted by molar-refractivity contribution is 7.14. The number of amides is 1. The molecule has 1 spiro atoms. The Labute approximate surface area is 171 Å². The number of piperidine rings is 1. The zero-order chi connectivity index (χ0) is 19.0. The van der Waals surface area contributed by atoms with Crippen LogP contribution in [0.5, 0.6) is 0 Å². The van der Waals surface area contributed by atoms with Crippen molar-refractivity contribution in [1.29, 1.82) is 0 Å². The Morgan fingerprint density at radius 3 is 2.75 bits per heavy atom. The second-order valence-electron chi connectivity index (χ2n) is 8.93. The Kier molecular flexibility index (Phi) is 5.48. The highest BCUT2D eigenvalue weighted by Crippen LogP contribution is 2.43. The lowest BCUT2D eigenvalue weighted by Crippen LogP contribution is -2.44. The fourth-order valence-corrected chi connectivity index (χ4v) is 6.38. The summed E-state index contributed by atoms with van der Waals surface area (Å²) in [7, 11) is 0. The molecule has 1 aromatic rings. The lowest BCUT2D eigenvalue weighted by molar-refractivity contribution is -0.0792. The predicted molar refractivity (Wildman–Crippen MR) is 110 cm³/mol. The third-order valence-electron chi connectivity index (χ3n) is 7.07. The van der Waals surface area contributed by atoms with E-state index >= 15 is 0 Å². The van der Waals surface area contributed by atoms with Crippen molar-refractivity contribution in [1.82, 2.24) is 10.2 Å². The average Bonchev–Trinajstić information content (AvgIpc) is 3.34. The molecule has 1 aliphatic carbocycles.